The monoisotopic (exact) mass is 525 g/mol. The summed E-state index contributed by atoms with van der Waals surface area (Å²) in [6.07, 6.45) is 0. The second-order valence-corrected chi connectivity index (χ2v) is 9.76. The number of benzene rings is 3. The smallest absolute Gasteiger partial charge is 0.183 e. The van der Waals surface area contributed by atoms with Crippen LogP contribution in [0.3, 0.4) is 0 Å². The summed E-state index contributed by atoms with van der Waals surface area (Å²) in [5.41, 5.74) is 5.06. The predicted octanol–water partition coefficient (Wildman–Crippen LogP) is 6.11. The van der Waals surface area contributed by atoms with E-state index in [-0.39, 0.29) is 5.92 Å². The molecule has 0 amide bonds. The molecule has 0 bridgehead atoms. The number of tetrazole rings is 1. The summed E-state index contributed by atoms with van der Waals surface area (Å²) in [6.45, 7) is 11.3. The molecule has 39 heavy (non-hydrogen) atoms. The van der Waals surface area contributed by atoms with Gasteiger partial charge in [0.25, 0.3) is 0 Å². The number of rotatable bonds is 11. The minimum Gasteiger partial charge on any atom is -0.488 e. The van der Waals surface area contributed by atoms with Crippen LogP contribution in [0.1, 0.15) is 61.7 Å². The van der Waals surface area contributed by atoms with Crippen LogP contribution in [0.5, 0.6) is 11.5 Å². The quantitative estimate of drug-likeness (QED) is 0.234. The van der Waals surface area contributed by atoms with Gasteiger partial charge in [-0.25, -0.2) is 4.68 Å². The summed E-state index contributed by atoms with van der Waals surface area (Å²) in [5, 5.41) is 14.4. The fourth-order valence-corrected chi connectivity index (χ4v) is 4.58. The van der Waals surface area contributed by atoms with Gasteiger partial charge in [-0.1, -0.05) is 74.5 Å². The predicted molar refractivity (Wildman–Crippen MR) is 151 cm³/mol. The first-order valence-corrected chi connectivity index (χ1v) is 13.5. The van der Waals surface area contributed by atoms with Crippen molar-refractivity contribution in [2.24, 2.45) is 0 Å². The Hall–Kier alpha value is -4.17. The van der Waals surface area contributed by atoms with Crippen molar-refractivity contribution in [2.75, 3.05) is 13.1 Å². The van der Waals surface area contributed by atoms with Crippen molar-refractivity contribution in [3.8, 4) is 11.5 Å². The van der Waals surface area contributed by atoms with Gasteiger partial charge in [0, 0.05) is 19.2 Å². The Kier molecular flexibility index (Phi) is 8.22. The summed E-state index contributed by atoms with van der Waals surface area (Å²) in [4.78, 5) is 6.41. The summed E-state index contributed by atoms with van der Waals surface area (Å²) in [5.74, 6) is 3.11. The van der Waals surface area contributed by atoms with E-state index in [4.69, 9.17) is 14.3 Å². The Morgan fingerprint density at radius 2 is 1.49 bits per heavy atom. The average Bonchev–Trinajstić information content (AvgIpc) is 3.62. The molecule has 3 aromatic carbocycles. The topological polar surface area (TPSA) is 74.5 Å². The van der Waals surface area contributed by atoms with Crippen LogP contribution in [-0.2, 0) is 24.6 Å². The maximum Gasteiger partial charge on any atom is 0.183 e. The lowest BCUT2D eigenvalue weighted by Crippen LogP contribution is -2.19. The van der Waals surface area contributed by atoms with Crippen LogP contribution >= 0.6 is 0 Å². The normalized spacial score (nSPS) is 13.7. The molecule has 0 N–H and O–H groups in total. The van der Waals surface area contributed by atoms with Gasteiger partial charge in [0.1, 0.15) is 24.7 Å². The van der Waals surface area contributed by atoms with E-state index in [1.54, 1.807) is 4.68 Å². The van der Waals surface area contributed by atoms with E-state index in [0.29, 0.717) is 43.6 Å². The molecule has 1 aromatic heterocycles. The summed E-state index contributed by atoms with van der Waals surface area (Å²) >= 11 is 0. The summed E-state index contributed by atoms with van der Waals surface area (Å²) in [7, 11) is 0. The third kappa shape index (κ3) is 5.96. The molecule has 0 atom stereocenters. The number of likely N-dealkylation sites (N-methyl/N-ethyl adjacent to an activating group) is 1. The van der Waals surface area contributed by atoms with E-state index in [1.807, 2.05) is 54.5 Å². The van der Waals surface area contributed by atoms with E-state index in [2.05, 4.69) is 66.6 Å². The highest BCUT2D eigenvalue weighted by Crippen LogP contribution is 2.42. The molecule has 0 fully saturated rings. The van der Waals surface area contributed by atoms with E-state index >= 15 is 0 Å². The number of hydrogen-bond acceptors (Lipinski definition) is 7. The molecule has 0 unspecified atom stereocenters. The summed E-state index contributed by atoms with van der Waals surface area (Å²) in [6, 6.07) is 24.5. The Morgan fingerprint density at radius 3 is 2.08 bits per heavy atom. The average molecular weight is 526 g/mol. The number of hydroxylamine groups is 2. The Balaban J connectivity index is 1.60. The number of hydrogen-bond donors (Lipinski definition) is 0. The lowest BCUT2D eigenvalue weighted by molar-refractivity contribution is -0.0557. The minimum absolute atomic E-state index is 0.214. The molecule has 0 aliphatic carbocycles. The van der Waals surface area contributed by atoms with Crippen molar-refractivity contribution >= 4 is 11.3 Å². The molecule has 8 nitrogen and oxygen atoms in total. The van der Waals surface area contributed by atoms with Gasteiger partial charge in [0.2, 0.25) is 0 Å². The largest absolute Gasteiger partial charge is 0.488 e. The van der Waals surface area contributed by atoms with Crippen LogP contribution in [0.25, 0.3) is 11.3 Å². The van der Waals surface area contributed by atoms with Crippen molar-refractivity contribution in [2.45, 2.75) is 53.4 Å². The lowest BCUT2D eigenvalue weighted by Gasteiger charge is -2.21. The SMILES string of the molecule is CCN1CC(c2nnnn2CC)=C(c2cc(C(C)C)c(OCc3ccccc3)cc2OCc2ccccc2)O1. The van der Waals surface area contributed by atoms with E-state index < -0.39 is 0 Å². The van der Waals surface area contributed by atoms with Gasteiger partial charge in [-0.15, -0.1) is 10.2 Å². The molecule has 8 heteroatoms. The van der Waals surface area contributed by atoms with Gasteiger partial charge in [-0.05, 0) is 52.9 Å². The Morgan fingerprint density at radius 1 is 0.846 bits per heavy atom. The first-order chi connectivity index (χ1) is 19.1. The van der Waals surface area contributed by atoms with Gasteiger partial charge in [0.15, 0.2) is 11.6 Å². The standard InChI is InChI=1S/C31H35N5O3/c1-5-35-19-27(31-32-33-34-36(31)6-2)30(39-35)26-17-25(22(3)4)28(37-20-23-13-9-7-10-14-23)18-29(26)38-21-24-15-11-8-12-16-24/h7-18,22H,5-6,19-21H2,1-4H3. The van der Waals surface area contributed by atoms with Crippen molar-refractivity contribution < 1.29 is 14.3 Å². The fraction of sp³-hybridized carbons (Fsp3) is 0.323. The zero-order chi connectivity index (χ0) is 27.2. The molecule has 1 aliphatic heterocycles. The highest BCUT2D eigenvalue weighted by Gasteiger charge is 2.32. The van der Waals surface area contributed by atoms with Crippen LogP contribution < -0.4 is 9.47 Å². The van der Waals surface area contributed by atoms with Crippen LogP contribution in [-0.4, -0.2) is 38.4 Å². The van der Waals surface area contributed by atoms with Crippen molar-refractivity contribution in [3.05, 3.63) is 101 Å². The first-order valence-electron chi connectivity index (χ1n) is 13.5. The molecular weight excluding hydrogens is 490 g/mol. The molecule has 0 saturated heterocycles. The number of aryl methyl sites for hydroxylation is 1. The van der Waals surface area contributed by atoms with Gasteiger partial charge < -0.3 is 14.3 Å². The molecule has 202 valence electrons. The van der Waals surface area contributed by atoms with Crippen molar-refractivity contribution in [3.63, 3.8) is 0 Å². The van der Waals surface area contributed by atoms with Gasteiger partial charge in [-0.3, -0.25) is 0 Å². The summed E-state index contributed by atoms with van der Waals surface area (Å²) < 4.78 is 14.7. The third-order valence-corrected chi connectivity index (χ3v) is 6.74. The number of ether oxygens (including phenoxy) is 2. The van der Waals surface area contributed by atoms with Crippen LogP contribution in [0.2, 0.25) is 0 Å². The molecule has 0 radical (unpaired) electrons. The number of nitrogens with zero attached hydrogens (tertiary/aromatic N) is 5. The zero-order valence-electron chi connectivity index (χ0n) is 23.0. The van der Waals surface area contributed by atoms with E-state index in [0.717, 1.165) is 40.1 Å². The second-order valence-electron chi connectivity index (χ2n) is 9.76. The molecule has 0 spiro atoms. The van der Waals surface area contributed by atoms with Crippen LogP contribution in [0.15, 0.2) is 72.8 Å². The molecule has 5 rings (SSSR count). The fourth-order valence-electron chi connectivity index (χ4n) is 4.58. The van der Waals surface area contributed by atoms with Crippen LogP contribution in [0, 0.1) is 0 Å². The Bertz CT molecular complexity index is 1420. The van der Waals surface area contributed by atoms with Gasteiger partial charge in [-0.2, -0.15) is 0 Å². The van der Waals surface area contributed by atoms with Crippen LogP contribution in [0.4, 0.5) is 0 Å². The molecule has 0 saturated carbocycles. The zero-order valence-corrected chi connectivity index (χ0v) is 23.0. The maximum absolute atomic E-state index is 6.48. The molecule has 4 aromatic rings. The molecule has 1 aliphatic rings. The molecule has 2 heterocycles. The first kappa shape index (κ1) is 26.4. The Labute approximate surface area is 229 Å². The van der Waals surface area contributed by atoms with Crippen molar-refractivity contribution in [1.29, 1.82) is 0 Å². The van der Waals surface area contributed by atoms with Gasteiger partial charge in [0.05, 0.1) is 17.7 Å². The maximum atomic E-state index is 6.48. The van der Waals surface area contributed by atoms with E-state index in [1.165, 1.54) is 0 Å². The van der Waals surface area contributed by atoms with Gasteiger partial charge >= 0.3 is 0 Å². The second kappa shape index (κ2) is 12.1. The number of aromatic nitrogens is 4. The lowest BCUT2D eigenvalue weighted by atomic mass is 9.96. The minimum atomic E-state index is 0.214. The third-order valence-electron chi connectivity index (χ3n) is 6.74. The molecular formula is C31H35N5O3. The highest BCUT2D eigenvalue weighted by atomic mass is 16.7. The van der Waals surface area contributed by atoms with E-state index in [9.17, 15) is 0 Å². The van der Waals surface area contributed by atoms with Crippen molar-refractivity contribution in [1.82, 2.24) is 25.3 Å². The highest BCUT2D eigenvalue weighted by molar-refractivity contribution is 5.90.